The van der Waals surface area contributed by atoms with Crippen LogP contribution in [0.2, 0.25) is 0 Å². The molecule has 0 saturated carbocycles. The number of hydrogen-bond donors (Lipinski definition) is 0. The third-order valence-corrected chi connectivity index (χ3v) is 5.59. The highest BCUT2D eigenvalue weighted by Gasteiger charge is 2.29. The third-order valence-electron chi connectivity index (χ3n) is 4.58. The van der Waals surface area contributed by atoms with E-state index in [2.05, 4.69) is 0 Å². The van der Waals surface area contributed by atoms with Crippen LogP contribution in [0.4, 0.5) is 0 Å². The van der Waals surface area contributed by atoms with Gasteiger partial charge in [-0.15, -0.1) is 11.3 Å². The molecule has 24 heavy (non-hydrogen) atoms. The van der Waals surface area contributed by atoms with Gasteiger partial charge in [-0.2, -0.15) is 0 Å². The lowest BCUT2D eigenvalue weighted by Gasteiger charge is -2.31. The zero-order valence-electron chi connectivity index (χ0n) is 14.0. The first-order valence-corrected chi connectivity index (χ1v) is 8.99. The number of aryl methyl sites for hydroxylation is 1. The van der Waals surface area contributed by atoms with Crippen LogP contribution >= 0.6 is 11.3 Å². The van der Waals surface area contributed by atoms with Crippen LogP contribution in [0.5, 0.6) is 5.75 Å². The number of thiophene rings is 1. The predicted octanol–water partition coefficient (Wildman–Crippen LogP) is 3.80. The van der Waals surface area contributed by atoms with Gasteiger partial charge in [0.15, 0.2) is 5.78 Å². The SMILES string of the molecule is COc1ccc(C(=O)C2CCN(C(=O)c3sccc3C)CC2)cc1. The van der Waals surface area contributed by atoms with Crippen molar-refractivity contribution in [3.63, 3.8) is 0 Å². The molecule has 1 fully saturated rings. The van der Waals surface area contributed by atoms with Gasteiger partial charge in [0.2, 0.25) is 0 Å². The zero-order chi connectivity index (χ0) is 17.1. The smallest absolute Gasteiger partial charge is 0.264 e. The molecule has 0 spiro atoms. The first-order chi connectivity index (χ1) is 11.6. The summed E-state index contributed by atoms with van der Waals surface area (Å²) in [5.41, 5.74) is 1.75. The summed E-state index contributed by atoms with van der Waals surface area (Å²) < 4.78 is 5.13. The molecule has 0 radical (unpaired) electrons. The number of nitrogens with zero attached hydrogens (tertiary/aromatic N) is 1. The summed E-state index contributed by atoms with van der Waals surface area (Å²) in [6.07, 6.45) is 1.45. The molecule has 126 valence electrons. The Bertz CT molecular complexity index is 727. The Morgan fingerprint density at radius 1 is 1.12 bits per heavy atom. The Morgan fingerprint density at radius 2 is 1.79 bits per heavy atom. The van der Waals surface area contributed by atoms with Crippen LogP contribution in [0.3, 0.4) is 0 Å². The van der Waals surface area contributed by atoms with Gasteiger partial charge in [0, 0.05) is 24.6 Å². The highest BCUT2D eigenvalue weighted by Crippen LogP contribution is 2.25. The molecular weight excluding hydrogens is 322 g/mol. The summed E-state index contributed by atoms with van der Waals surface area (Å²) in [5, 5.41) is 1.95. The number of amides is 1. The summed E-state index contributed by atoms with van der Waals surface area (Å²) in [6, 6.07) is 9.22. The van der Waals surface area contributed by atoms with Crippen molar-refractivity contribution in [2.75, 3.05) is 20.2 Å². The van der Waals surface area contributed by atoms with Gasteiger partial charge >= 0.3 is 0 Å². The van der Waals surface area contributed by atoms with Gasteiger partial charge in [0.1, 0.15) is 5.75 Å². The highest BCUT2D eigenvalue weighted by atomic mass is 32.1. The molecule has 4 nitrogen and oxygen atoms in total. The fraction of sp³-hybridized carbons (Fsp3) is 0.368. The van der Waals surface area contributed by atoms with Gasteiger partial charge < -0.3 is 9.64 Å². The van der Waals surface area contributed by atoms with Crippen molar-refractivity contribution in [2.45, 2.75) is 19.8 Å². The lowest BCUT2D eigenvalue weighted by Crippen LogP contribution is -2.40. The Morgan fingerprint density at radius 3 is 2.33 bits per heavy atom. The van der Waals surface area contributed by atoms with E-state index in [9.17, 15) is 9.59 Å². The number of hydrogen-bond acceptors (Lipinski definition) is 4. The molecule has 1 aromatic heterocycles. The van der Waals surface area contributed by atoms with E-state index in [4.69, 9.17) is 4.74 Å². The van der Waals surface area contributed by atoms with Crippen LogP contribution < -0.4 is 4.74 Å². The maximum Gasteiger partial charge on any atom is 0.264 e. The minimum Gasteiger partial charge on any atom is -0.497 e. The third kappa shape index (κ3) is 3.36. The van der Waals surface area contributed by atoms with Gasteiger partial charge in [-0.25, -0.2) is 0 Å². The monoisotopic (exact) mass is 343 g/mol. The van der Waals surface area contributed by atoms with Crippen molar-refractivity contribution >= 4 is 23.0 Å². The zero-order valence-corrected chi connectivity index (χ0v) is 14.8. The Balaban J connectivity index is 1.61. The molecule has 1 aromatic carbocycles. The van der Waals surface area contributed by atoms with E-state index in [1.807, 2.05) is 47.5 Å². The highest BCUT2D eigenvalue weighted by molar-refractivity contribution is 7.12. The van der Waals surface area contributed by atoms with E-state index in [-0.39, 0.29) is 17.6 Å². The lowest BCUT2D eigenvalue weighted by molar-refractivity contribution is 0.0653. The van der Waals surface area contributed by atoms with Gasteiger partial charge in [-0.05, 0) is 61.0 Å². The Hall–Kier alpha value is -2.14. The first kappa shape index (κ1) is 16.7. The number of benzene rings is 1. The second kappa shape index (κ2) is 7.18. The number of ketones is 1. The quantitative estimate of drug-likeness (QED) is 0.793. The molecule has 1 amide bonds. The molecule has 0 aliphatic carbocycles. The van der Waals surface area contributed by atoms with Crippen LogP contribution in [0.15, 0.2) is 35.7 Å². The second-order valence-electron chi connectivity index (χ2n) is 6.09. The van der Waals surface area contributed by atoms with Crippen LogP contribution in [0.1, 0.15) is 38.4 Å². The molecule has 1 aliphatic rings. The number of rotatable bonds is 4. The lowest BCUT2D eigenvalue weighted by atomic mass is 9.89. The average molecular weight is 343 g/mol. The van der Waals surface area contributed by atoms with E-state index in [1.54, 1.807) is 7.11 Å². The number of Topliss-reactive ketones (excluding diaryl/α,β-unsaturated/α-hetero) is 1. The van der Waals surface area contributed by atoms with Crippen LogP contribution in [0.25, 0.3) is 0 Å². The number of likely N-dealkylation sites (tertiary alicyclic amines) is 1. The first-order valence-electron chi connectivity index (χ1n) is 8.12. The predicted molar refractivity (Wildman–Crippen MR) is 95.0 cm³/mol. The van der Waals surface area contributed by atoms with Crippen molar-refractivity contribution in [3.05, 3.63) is 51.7 Å². The summed E-state index contributed by atoms with van der Waals surface area (Å²) in [6.45, 7) is 3.25. The Labute approximate surface area is 146 Å². The van der Waals surface area contributed by atoms with Crippen LogP contribution in [-0.4, -0.2) is 36.8 Å². The van der Waals surface area contributed by atoms with E-state index >= 15 is 0 Å². The molecule has 5 heteroatoms. The molecule has 2 aromatic rings. The minimum atomic E-state index is -0.00752. The number of carbonyl (C=O) groups is 2. The topological polar surface area (TPSA) is 46.6 Å². The summed E-state index contributed by atoms with van der Waals surface area (Å²) in [5.74, 6) is 1.00. The van der Waals surface area contributed by atoms with Gasteiger partial charge in [-0.3, -0.25) is 9.59 Å². The summed E-state index contributed by atoms with van der Waals surface area (Å²) in [7, 11) is 1.61. The molecule has 0 N–H and O–H groups in total. The van der Waals surface area contributed by atoms with Crippen LogP contribution in [0, 0.1) is 12.8 Å². The molecule has 0 bridgehead atoms. The molecule has 1 aliphatic heterocycles. The molecule has 2 heterocycles. The van der Waals surface area contributed by atoms with Crippen LogP contribution in [-0.2, 0) is 0 Å². The fourth-order valence-corrected chi connectivity index (χ4v) is 3.96. The number of carbonyl (C=O) groups excluding carboxylic acids is 2. The fourth-order valence-electron chi connectivity index (χ4n) is 3.07. The Kier molecular flexibility index (Phi) is 5.00. The van der Waals surface area contributed by atoms with E-state index < -0.39 is 0 Å². The van der Waals surface area contributed by atoms with Gasteiger partial charge in [0.25, 0.3) is 5.91 Å². The number of methoxy groups -OCH3 is 1. The molecular formula is C19H21NO3S. The second-order valence-corrected chi connectivity index (χ2v) is 7.01. The molecule has 3 rings (SSSR count). The summed E-state index contributed by atoms with van der Waals surface area (Å²) >= 11 is 1.49. The van der Waals surface area contributed by atoms with E-state index in [0.29, 0.717) is 13.1 Å². The maximum absolute atomic E-state index is 12.6. The number of piperidine rings is 1. The van der Waals surface area contributed by atoms with Gasteiger partial charge in [-0.1, -0.05) is 0 Å². The molecule has 0 atom stereocenters. The van der Waals surface area contributed by atoms with E-state index in [1.165, 1.54) is 11.3 Å². The molecule has 0 unspecified atom stereocenters. The van der Waals surface area contributed by atoms with Gasteiger partial charge in [0.05, 0.1) is 12.0 Å². The van der Waals surface area contributed by atoms with Crippen molar-refractivity contribution in [1.29, 1.82) is 0 Å². The standard InChI is InChI=1S/C19H21NO3S/c1-13-9-12-24-18(13)19(22)20-10-7-15(8-11-20)17(21)14-3-5-16(23-2)6-4-14/h3-6,9,12,15H,7-8,10-11H2,1-2H3. The van der Waals surface area contributed by atoms with Crippen molar-refractivity contribution < 1.29 is 14.3 Å². The van der Waals surface area contributed by atoms with Crippen molar-refractivity contribution in [1.82, 2.24) is 4.90 Å². The van der Waals surface area contributed by atoms with Crippen molar-refractivity contribution in [3.8, 4) is 5.75 Å². The largest absolute Gasteiger partial charge is 0.497 e. The van der Waals surface area contributed by atoms with Crippen molar-refractivity contribution in [2.24, 2.45) is 5.92 Å². The minimum absolute atomic E-state index is 0.00752. The normalized spacial score (nSPS) is 15.3. The molecule has 1 saturated heterocycles. The average Bonchev–Trinajstić information content (AvgIpc) is 3.06. The van der Waals surface area contributed by atoms with E-state index in [0.717, 1.165) is 34.6 Å². The maximum atomic E-state index is 12.6. The summed E-state index contributed by atoms with van der Waals surface area (Å²) in [4.78, 5) is 27.8. The number of ether oxygens (including phenoxy) is 1.